The molecule has 2 heterocycles. The number of nitrogens with zero attached hydrogens (tertiary/aromatic N) is 4. The Balaban J connectivity index is 1.65. The molecule has 0 aliphatic carbocycles. The van der Waals surface area contributed by atoms with Crippen molar-refractivity contribution in [1.29, 1.82) is 0 Å². The third-order valence-corrected chi connectivity index (χ3v) is 3.48. The largest absolute Gasteiger partial charge is 0.397 e. The summed E-state index contributed by atoms with van der Waals surface area (Å²) < 4.78 is 0. The number of H-pyrrole nitrogens is 1. The SMILES string of the molecule is Nc1ccccc1N1CCN(C(=O)c2cn[nH]n2)CC1. The number of nitrogens with one attached hydrogen (secondary N) is 1. The maximum absolute atomic E-state index is 12.1. The van der Waals surface area contributed by atoms with Crippen LogP contribution >= 0.6 is 0 Å². The minimum Gasteiger partial charge on any atom is -0.397 e. The van der Waals surface area contributed by atoms with Crippen LogP contribution < -0.4 is 10.6 Å². The monoisotopic (exact) mass is 272 g/mol. The first kappa shape index (κ1) is 12.5. The molecule has 1 aromatic carbocycles. The van der Waals surface area contributed by atoms with E-state index in [1.165, 1.54) is 6.20 Å². The molecule has 0 atom stereocenters. The molecule has 2 aromatic rings. The third-order valence-electron chi connectivity index (χ3n) is 3.48. The van der Waals surface area contributed by atoms with Gasteiger partial charge in [-0.25, -0.2) is 0 Å². The summed E-state index contributed by atoms with van der Waals surface area (Å²) in [6, 6.07) is 7.79. The zero-order valence-corrected chi connectivity index (χ0v) is 11.0. The average molecular weight is 272 g/mol. The highest BCUT2D eigenvalue weighted by molar-refractivity contribution is 5.92. The molecule has 3 N–H and O–H groups in total. The Bertz CT molecular complexity index is 589. The predicted octanol–water partition coefficient (Wildman–Crippen LogP) is 0.349. The molecule has 1 fully saturated rings. The number of nitrogen functional groups attached to an aromatic ring is 1. The summed E-state index contributed by atoms with van der Waals surface area (Å²) in [5.41, 5.74) is 8.13. The lowest BCUT2D eigenvalue weighted by atomic mass is 10.2. The van der Waals surface area contributed by atoms with Crippen molar-refractivity contribution < 1.29 is 4.79 Å². The summed E-state index contributed by atoms with van der Waals surface area (Å²) in [6.07, 6.45) is 1.45. The maximum atomic E-state index is 12.1. The predicted molar refractivity (Wildman–Crippen MR) is 75.4 cm³/mol. The smallest absolute Gasteiger partial charge is 0.276 e. The van der Waals surface area contributed by atoms with Crippen molar-refractivity contribution in [2.45, 2.75) is 0 Å². The molecule has 1 saturated heterocycles. The van der Waals surface area contributed by atoms with E-state index in [2.05, 4.69) is 20.3 Å². The van der Waals surface area contributed by atoms with Gasteiger partial charge in [-0.2, -0.15) is 15.4 Å². The molecule has 0 spiro atoms. The second-order valence-electron chi connectivity index (χ2n) is 4.69. The summed E-state index contributed by atoms with van der Waals surface area (Å²) in [4.78, 5) is 16.1. The Hall–Kier alpha value is -2.57. The zero-order valence-electron chi connectivity index (χ0n) is 11.0. The highest BCUT2D eigenvalue weighted by Gasteiger charge is 2.24. The minimum atomic E-state index is -0.0839. The van der Waals surface area contributed by atoms with E-state index >= 15 is 0 Å². The standard InChI is InChI=1S/C13H16N6O/c14-10-3-1-2-4-12(10)18-5-7-19(8-6-18)13(20)11-9-15-17-16-11/h1-4,9H,5-8,14H2,(H,15,16,17). The number of carbonyl (C=O) groups is 1. The number of aromatic amines is 1. The van der Waals surface area contributed by atoms with E-state index in [1.54, 1.807) is 4.90 Å². The Morgan fingerprint density at radius 2 is 1.95 bits per heavy atom. The highest BCUT2D eigenvalue weighted by Crippen LogP contribution is 2.23. The number of aromatic nitrogens is 3. The normalized spacial score (nSPS) is 15.4. The van der Waals surface area contributed by atoms with Crippen molar-refractivity contribution in [3.63, 3.8) is 0 Å². The molecule has 3 rings (SSSR count). The topological polar surface area (TPSA) is 91.1 Å². The van der Waals surface area contributed by atoms with Gasteiger partial charge in [-0.3, -0.25) is 4.79 Å². The Kier molecular flexibility index (Phi) is 3.24. The number of rotatable bonds is 2. The number of amides is 1. The van der Waals surface area contributed by atoms with Crippen LogP contribution in [0.1, 0.15) is 10.5 Å². The van der Waals surface area contributed by atoms with Crippen LogP contribution in [-0.4, -0.2) is 52.4 Å². The number of nitrogens with two attached hydrogens (primary N) is 1. The van der Waals surface area contributed by atoms with Gasteiger partial charge in [0.2, 0.25) is 0 Å². The van der Waals surface area contributed by atoms with Crippen LogP contribution in [0.4, 0.5) is 11.4 Å². The van der Waals surface area contributed by atoms with Crippen LogP contribution in [0.2, 0.25) is 0 Å². The van der Waals surface area contributed by atoms with Gasteiger partial charge in [-0.05, 0) is 12.1 Å². The zero-order chi connectivity index (χ0) is 13.9. The lowest BCUT2D eigenvalue weighted by Crippen LogP contribution is -2.49. The van der Waals surface area contributed by atoms with Crippen molar-refractivity contribution >= 4 is 17.3 Å². The number of hydrogen-bond donors (Lipinski definition) is 2. The molecule has 1 aliphatic heterocycles. The van der Waals surface area contributed by atoms with Crippen LogP contribution in [0.5, 0.6) is 0 Å². The highest BCUT2D eigenvalue weighted by atomic mass is 16.2. The number of anilines is 2. The molecule has 1 amide bonds. The van der Waals surface area contributed by atoms with Crippen LogP contribution in [-0.2, 0) is 0 Å². The van der Waals surface area contributed by atoms with Crippen molar-refractivity contribution in [1.82, 2.24) is 20.3 Å². The average Bonchev–Trinajstić information content (AvgIpc) is 3.01. The van der Waals surface area contributed by atoms with Gasteiger partial charge in [0, 0.05) is 26.2 Å². The Labute approximate surface area is 116 Å². The molecule has 104 valence electrons. The van der Waals surface area contributed by atoms with Gasteiger partial charge in [0.15, 0.2) is 5.69 Å². The summed E-state index contributed by atoms with van der Waals surface area (Å²) in [7, 11) is 0. The number of para-hydroxylation sites is 2. The van der Waals surface area contributed by atoms with E-state index in [0.29, 0.717) is 18.8 Å². The molecular formula is C13H16N6O. The maximum Gasteiger partial charge on any atom is 0.276 e. The van der Waals surface area contributed by atoms with Crippen LogP contribution in [0.3, 0.4) is 0 Å². The molecule has 0 bridgehead atoms. The van der Waals surface area contributed by atoms with Gasteiger partial charge in [0.25, 0.3) is 5.91 Å². The molecule has 7 nitrogen and oxygen atoms in total. The molecule has 7 heteroatoms. The minimum absolute atomic E-state index is 0.0839. The van der Waals surface area contributed by atoms with E-state index in [0.717, 1.165) is 24.5 Å². The molecule has 1 aliphatic rings. The molecular weight excluding hydrogens is 256 g/mol. The number of piperazine rings is 1. The van der Waals surface area contributed by atoms with Crippen molar-refractivity contribution in [2.24, 2.45) is 0 Å². The Morgan fingerprint density at radius 3 is 2.60 bits per heavy atom. The fourth-order valence-corrected chi connectivity index (χ4v) is 2.39. The van der Waals surface area contributed by atoms with Crippen molar-refractivity contribution in [2.75, 3.05) is 36.8 Å². The van der Waals surface area contributed by atoms with Crippen molar-refractivity contribution in [3.05, 3.63) is 36.2 Å². The van der Waals surface area contributed by atoms with Crippen LogP contribution in [0.25, 0.3) is 0 Å². The van der Waals surface area contributed by atoms with Gasteiger partial charge >= 0.3 is 0 Å². The number of benzene rings is 1. The van der Waals surface area contributed by atoms with E-state index in [9.17, 15) is 4.79 Å². The fourth-order valence-electron chi connectivity index (χ4n) is 2.39. The van der Waals surface area contributed by atoms with Crippen molar-refractivity contribution in [3.8, 4) is 0 Å². The number of carbonyl (C=O) groups excluding carboxylic acids is 1. The van der Waals surface area contributed by atoms with E-state index in [4.69, 9.17) is 5.73 Å². The van der Waals surface area contributed by atoms with Gasteiger partial charge in [0.1, 0.15) is 0 Å². The van der Waals surface area contributed by atoms with Gasteiger partial charge in [-0.1, -0.05) is 12.1 Å². The quantitative estimate of drug-likeness (QED) is 0.770. The van der Waals surface area contributed by atoms with Crippen LogP contribution in [0.15, 0.2) is 30.5 Å². The van der Waals surface area contributed by atoms with Crippen LogP contribution in [0, 0.1) is 0 Å². The summed E-state index contributed by atoms with van der Waals surface area (Å²) in [6.45, 7) is 2.83. The first-order chi connectivity index (χ1) is 9.75. The van der Waals surface area contributed by atoms with E-state index in [-0.39, 0.29) is 5.91 Å². The van der Waals surface area contributed by atoms with E-state index in [1.807, 2.05) is 24.3 Å². The second-order valence-corrected chi connectivity index (χ2v) is 4.69. The van der Waals surface area contributed by atoms with Gasteiger partial charge in [0.05, 0.1) is 17.6 Å². The molecule has 0 unspecified atom stereocenters. The summed E-state index contributed by atoms with van der Waals surface area (Å²) in [5, 5.41) is 9.94. The Morgan fingerprint density at radius 1 is 1.20 bits per heavy atom. The summed E-state index contributed by atoms with van der Waals surface area (Å²) >= 11 is 0. The molecule has 1 aromatic heterocycles. The summed E-state index contributed by atoms with van der Waals surface area (Å²) in [5.74, 6) is -0.0839. The molecule has 0 saturated carbocycles. The number of hydrogen-bond acceptors (Lipinski definition) is 5. The fraction of sp³-hybridized carbons (Fsp3) is 0.308. The lowest BCUT2D eigenvalue weighted by molar-refractivity contribution is 0.0741. The molecule has 0 radical (unpaired) electrons. The lowest BCUT2D eigenvalue weighted by Gasteiger charge is -2.36. The van der Waals surface area contributed by atoms with Gasteiger partial charge < -0.3 is 15.5 Å². The first-order valence-corrected chi connectivity index (χ1v) is 6.50. The second kappa shape index (κ2) is 5.20. The third kappa shape index (κ3) is 2.29. The van der Waals surface area contributed by atoms with Gasteiger partial charge in [-0.15, -0.1) is 0 Å². The molecule has 20 heavy (non-hydrogen) atoms. The first-order valence-electron chi connectivity index (χ1n) is 6.50. The van der Waals surface area contributed by atoms with E-state index < -0.39 is 0 Å².